The van der Waals surface area contributed by atoms with Crippen molar-refractivity contribution in [1.82, 2.24) is 0 Å². The second kappa shape index (κ2) is 22.8. The average Bonchev–Trinajstić information content (AvgIpc) is 2.29. The Morgan fingerprint density at radius 2 is 0.684 bits per heavy atom. The van der Waals surface area contributed by atoms with Crippen LogP contribution in [-0.4, -0.2) is 91.2 Å². The van der Waals surface area contributed by atoms with Crippen molar-refractivity contribution in [3.8, 4) is 0 Å². The zero-order valence-electron chi connectivity index (χ0n) is 11.5. The topological polar surface area (TPSA) is 182 Å². The summed E-state index contributed by atoms with van der Waals surface area (Å²) >= 11 is 0. The molecule has 9 N–H and O–H groups in total. The summed E-state index contributed by atoms with van der Waals surface area (Å²) in [7, 11) is -2.17. The Morgan fingerprint density at radius 1 is 0.632 bits per heavy atom. The van der Waals surface area contributed by atoms with E-state index in [1.54, 1.807) is 0 Å². The van der Waals surface area contributed by atoms with Gasteiger partial charge in [0.05, 0.1) is 38.1 Å². The van der Waals surface area contributed by atoms with Crippen molar-refractivity contribution in [2.45, 2.75) is 39.1 Å². The Labute approximate surface area is 113 Å². The number of hydrogen-bond donors (Lipinski definition) is 9. The van der Waals surface area contributed by atoms with Gasteiger partial charge in [-0.25, -0.2) is 0 Å². The van der Waals surface area contributed by atoms with E-state index < -0.39 is 25.6 Å². The molecule has 0 aromatic heterocycles. The molecule has 0 amide bonds. The van der Waals surface area contributed by atoms with Gasteiger partial charge in [0.15, 0.2) is 0 Å². The van der Waals surface area contributed by atoms with Crippen molar-refractivity contribution in [2.75, 3.05) is 19.8 Å². The second-order valence-electron chi connectivity index (χ2n) is 3.44. The first kappa shape index (κ1) is 27.1. The lowest BCUT2D eigenvalue weighted by atomic mass is 10.3. The Bertz CT molecular complexity index is 111. The molecular weight excluding hydrogens is 263 g/mol. The number of aliphatic hydroxyl groups excluding tert-OH is 6. The van der Waals surface area contributed by atoms with Gasteiger partial charge in [0, 0.05) is 0 Å². The van der Waals surface area contributed by atoms with Crippen LogP contribution in [0.1, 0.15) is 20.8 Å². The molecule has 0 bridgehead atoms. The quantitative estimate of drug-likeness (QED) is 0.234. The summed E-state index contributed by atoms with van der Waals surface area (Å²) in [5.74, 6) is 0. The van der Waals surface area contributed by atoms with Gasteiger partial charge < -0.3 is 45.7 Å². The van der Waals surface area contributed by atoms with E-state index >= 15 is 0 Å². The summed E-state index contributed by atoms with van der Waals surface area (Å²) in [5.41, 5.74) is 0. The molecule has 0 saturated heterocycles. The fourth-order valence-corrected chi connectivity index (χ4v) is 0. The summed E-state index contributed by atoms with van der Waals surface area (Å²) < 4.78 is 0. The summed E-state index contributed by atoms with van der Waals surface area (Å²) in [6.07, 6.45) is -1.68. The maximum Gasteiger partial charge on any atom is 0.631 e. The minimum atomic E-state index is -2.17. The fraction of sp³-hybridized carbons (Fsp3) is 1.00. The largest absolute Gasteiger partial charge is 0.631 e. The van der Waals surface area contributed by atoms with Gasteiger partial charge in [-0.05, 0) is 20.8 Å². The van der Waals surface area contributed by atoms with Gasteiger partial charge in [0.25, 0.3) is 0 Å². The van der Waals surface area contributed by atoms with Crippen molar-refractivity contribution in [2.24, 2.45) is 0 Å². The highest BCUT2D eigenvalue weighted by atomic mass is 16.5. The molecule has 0 aliphatic rings. The lowest BCUT2D eigenvalue weighted by Gasteiger charge is -1.90. The third-order valence-electron chi connectivity index (χ3n) is 0.793. The van der Waals surface area contributed by atoms with Crippen LogP contribution in [0.3, 0.4) is 0 Å². The standard InChI is InChI=1S/3C3H8O2.BH3O3/c3*1-3(5)2-4;2-1(3)4/h3*3-5H,2H2,1H3;2-4H. The summed E-state index contributed by atoms with van der Waals surface area (Å²) in [6.45, 7) is 4.17. The SMILES string of the molecule is CC(O)CO.CC(O)CO.CC(O)CO.OB(O)O. The Hall–Kier alpha value is -0.295. The second-order valence-corrected chi connectivity index (χ2v) is 3.44. The van der Waals surface area contributed by atoms with Gasteiger partial charge >= 0.3 is 7.32 Å². The minimum Gasteiger partial charge on any atom is -0.402 e. The van der Waals surface area contributed by atoms with E-state index in [1.807, 2.05) is 0 Å². The molecule has 0 fully saturated rings. The predicted octanol–water partition coefficient (Wildman–Crippen LogP) is -3.97. The van der Waals surface area contributed by atoms with Gasteiger partial charge in [-0.15, -0.1) is 0 Å². The van der Waals surface area contributed by atoms with Crippen molar-refractivity contribution < 1.29 is 45.7 Å². The first-order chi connectivity index (χ1) is 8.54. The molecule has 9 nitrogen and oxygen atoms in total. The summed E-state index contributed by atoms with van der Waals surface area (Å²) in [4.78, 5) is 0. The van der Waals surface area contributed by atoms with E-state index in [-0.39, 0.29) is 19.8 Å². The van der Waals surface area contributed by atoms with E-state index in [9.17, 15) is 0 Å². The van der Waals surface area contributed by atoms with Crippen LogP contribution < -0.4 is 0 Å². The fourth-order valence-electron chi connectivity index (χ4n) is 0. The molecule has 0 rings (SSSR count). The molecule has 0 radical (unpaired) electrons. The number of hydrogen-bond acceptors (Lipinski definition) is 9. The van der Waals surface area contributed by atoms with E-state index in [0.29, 0.717) is 0 Å². The lowest BCUT2D eigenvalue weighted by molar-refractivity contribution is 0.110. The van der Waals surface area contributed by atoms with Crippen LogP contribution in [-0.2, 0) is 0 Å². The van der Waals surface area contributed by atoms with Crippen LogP contribution in [0.4, 0.5) is 0 Å². The Balaban J connectivity index is -0.0000000793. The van der Waals surface area contributed by atoms with Crippen LogP contribution in [0.5, 0.6) is 0 Å². The molecule has 0 spiro atoms. The molecule has 0 heterocycles. The zero-order chi connectivity index (χ0) is 16.4. The van der Waals surface area contributed by atoms with Crippen LogP contribution in [0.15, 0.2) is 0 Å². The molecule has 120 valence electrons. The molecule has 3 unspecified atom stereocenters. The van der Waals surface area contributed by atoms with Crippen LogP contribution >= 0.6 is 0 Å². The molecule has 0 saturated carbocycles. The minimum absolute atomic E-state index is 0.139. The first-order valence-corrected chi connectivity index (χ1v) is 5.45. The van der Waals surface area contributed by atoms with Gasteiger partial charge in [-0.1, -0.05) is 0 Å². The maximum absolute atomic E-state index is 8.11. The number of aliphatic hydroxyl groups is 6. The number of rotatable bonds is 3. The van der Waals surface area contributed by atoms with Crippen molar-refractivity contribution >= 4 is 7.32 Å². The Morgan fingerprint density at radius 3 is 0.684 bits per heavy atom. The molecule has 0 aliphatic carbocycles. The van der Waals surface area contributed by atoms with Gasteiger partial charge in [0.1, 0.15) is 0 Å². The summed E-state index contributed by atoms with van der Waals surface area (Å²) in [6, 6.07) is 0. The maximum atomic E-state index is 8.11. The van der Waals surface area contributed by atoms with E-state index in [1.165, 1.54) is 20.8 Å². The van der Waals surface area contributed by atoms with E-state index in [0.717, 1.165) is 0 Å². The van der Waals surface area contributed by atoms with Gasteiger partial charge in [0.2, 0.25) is 0 Å². The van der Waals surface area contributed by atoms with Crippen LogP contribution in [0.25, 0.3) is 0 Å². The van der Waals surface area contributed by atoms with Gasteiger partial charge in [-0.3, -0.25) is 0 Å². The molecule has 0 aromatic carbocycles. The molecular formula is C9H27BO9. The zero-order valence-corrected chi connectivity index (χ0v) is 11.5. The normalized spacial score (nSPS) is 13.3. The predicted molar refractivity (Wildman–Crippen MR) is 68.7 cm³/mol. The first-order valence-electron chi connectivity index (χ1n) is 5.45. The van der Waals surface area contributed by atoms with Gasteiger partial charge in [-0.2, -0.15) is 0 Å². The highest BCUT2D eigenvalue weighted by Gasteiger charge is 1.92. The average molecular weight is 290 g/mol. The highest BCUT2D eigenvalue weighted by Crippen LogP contribution is 1.69. The molecule has 10 heteroatoms. The van der Waals surface area contributed by atoms with Crippen molar-refractivity contribution in [3.63, 3.8) is 0 Å². The Kier molecular flexibility index (Phi) is 32.6. The van der Waals surface area contributed by atoms with Crippen molar-refractivity contribution in [1.29, 1.82) is 0 Å². The molecule has 0 aromatic rings. The lowest BCUT2D eigenvalue weighted by Crippen LogP contribution is -2.07. The smallest absolute Gasteiger partial charge is 0.402 e. The van der Waals surface area contributed by atoms with E-state index in [4.69, 9.17) is 45.7 Å². The summed E-state index contributed by atoms with van der Waals surface area (Å²) in [5, 5.41) is 69.5. The van der Waals surface area contributed by atoms with E-state index in [2.05, 4.69) is 0 Å². The molecule has 0 aliphatic heterocycles. The third-order valence-corrected chi connectivity index (χ3v) is 0.793. The molecule has 19 heavy (non-hydrogen) atoms. The highest BCUT2D eigenvalue weighted by molar-refractivity contribution is 6.30. The third kappa shape index (κ3) is 134. The monoisotopic (exact) mass is 290 g/mol. The van der Waals surface area contributed by atoms with Crippen molar-refractivity contribution in [3.05, 3.63) is 0 Å². The van der Waals surface area contributed by atoms with Crippen LogP contribution in [0.2, 0.25) is 0 Å². The van der Waals surface area contributed by atoms with Crippen LogP contribution in [0, 0.1) is 0 Å². The molecule has 3 atom stereocenters.